The van der Waals surface area contributed by atoms with E-state index in [4.69, 9.17) is 0 Å². The van der Waals surface area contributed by atoms with Crippen molar-refractivity contribution in [1.29, 1.82) is 0 Å². The summed E-state index contributed by atoms with van der Waals surface area (Å²) in [7, 11) is 0. The monoisotopic (exact) mass is 498 g/mol. The van der Waals surface area contributed by atoms with Crippen LogP contribution in [-0.2, 0) is 16.0 Å². The topological polar surface area (TPSA) is 84.0 Å². The number of aryl methyl sites for hydroxylation is 1. The first-order valence-electron chi connectivity index (χ1n) is 9.89. The summed E-state index contributed by atoms with van der Waals surface area (Å²) in [6.45, 7) is 1.96. The molecule has 0 radical (unpaired) electrons. The predicted molar refractivity (Wildman–Crippen MR) is 132 cm³/mol. The number of rotatable bonds is 8. The highest BCUT2D eigenvalue weighted by molar-refractivity contribution is 8.01. The standard InChI is InChI=1S/C23H19FN4O2S3/c1-14-25-20(12-31-14)15-3-2-4-18(9-15)27-21(29)10-19-11-32-23(28-19)33-13-22(30)26-17-7-5-16(24)6-8-17/h2-9,11-12H,10,13H2,1H3,(H,26,30)(H,27,29). The Labute approximate surface area is 202 Å². The smallest absolute Gasteiger partial charge is 0.234 e. The molecule has 0 aliphatic carbocycles. The van der Waals surface area contributed by atoms with Crippen LogP contribution in [0.5, 0.6) is 0 Å². The maximum absolute atomic E-state index is 12.9. The van der Waals surface area contributed by atoms with E-state index >= 15 is 0 Å². The van der Waals surface area contributed by atoms with Crippen molar-refractivity contribution in [3.05, 3.63) is 75.8 Å². The average Bonchev–Trinajstić information content (AvgIpc) is 3.43. The second-order valence-corrected chi connectivity index (χ2v) is 10.1. The van der Waals surface area contributed by atoms with E-state index in [2.05, 4.69) is 20.6 Å². The van der Waals surface area contributed by atoms with E-state index < -0.39 is 0 Å². The first-order chi connectivity index (χ1) is 15.9. The quantitative estimate of drug-likeness (QED) is 0.308. The third-order valence-electron chi connectivity index (χ3n) is 4.39. The van der Waals surface area contributed by atoms with Gasteiger partial charge >= 0.3 is 0 Å². The number of anilines is 2. The van der Waals surface area contributed by atoms with Crippen LogP contribution in [0, 0.1) is 12.7 Å². The summed E-state index contributed by atoms with van der Waals surface area (Å²) in [6.07, 6.45) is 0.138. The van der Waals surface area contributed by atoms with Gasteiger partial charge in [-0.05, 0) is 43.3 Å². The highest BCUT2D eigenvalue weighted by Crippen LogP contribution is 2.25. The van der Waals surface area contributed by atoms with Crippen molar-refractivity contribution in [3.63, 3.8) is 0 Å². The fraction of sp³-hybridized carbons (Fsp3) is 0.130. The zero-order valence-corrected chi connectivity index (χ0v) is 20.0. The second-order valence-electron chi connectivity index (χ2n) is 7.01. The number of nitrogens with one attached hydrogen (secondary N) is 2. The molecule has 0 saturated carbocycles. The molecule has 2 amide bonds. The van der Waals surface area contributed by atoms with E-state index in [-0.39, 0.29) is 29.8 Å². The summed E-state index contributed by atoms with van der Waals surface area (Å²) < 4.78 is 13.6. The number of carbonyl (C=O) groups excluding carboxylic acids is 2. The first kappa shape index (κ1) is 23.1. The lowest BCUT2D eigenvalue weighted by Crippen LogP contribution is -2.15. The van der Waals surface area contributed by atoms with Crippen LogP contribution >= 0.6 is 34.4 Å². The molecule has 0 saturated heterocycles. The van der Waals surface area contributed by atoms with Gasteiger partial charge in [-0.3, -0.25) is 9.59 Å². The fourth-order valence-electron chi connectivity index (χ4n) is 2.92. The molecule has 2 aromatic heterocycles. The lowest BCUT2D eigenvalue weighted by molar-refractivity contribution is -0.116. The van der Waals surface area contributed by atoms with Crippen molar-refractivity contribution in [2.45, 2.75) is 17.7 Å². The summed E-state index contributed by atoms with van der Waals surface area (Å²) in [4.78, 5) is 33.5. The van der Waals surface area contributed by atoms with Crippen molar-refractivity contribution < 1.29 is 14.0 Å². The number of hydrogen-bond donors (Lipinski definition) is 2. The zero-order valence-electron chi connectivity index (χ0n) is 17.5. The Balaban J connectivity index is 1.27. The SMILES string of the molecule is Cc1nc(-c2cccc(NC(=O)Cc3csc(SCC(=O)Nc4ccc(F)cc4)n3)c2)cs1. The van der Waals surface area contributed by atoms with E-state index in [1.807, 2.05) is 41.9 Å². The minimum absolute atomic E-state index is 0.138. The van der Waals surface area contributed by atoms with Crippen molar-refractivity contribution in [2.75, 3.05) is 16.4 Å². The van der Waals surface area contributed by atoms with Gasteiger partial charge in [-0.15, -0.1) is 22.7 Å². The number of carbonyl (C=O) groups is 2. The lowest BCUT2D eigenvalue weighted by atomic mass is 10.1. The molecule has 0 atom stereocenters. The van der Waals surface area contributed by atoms with Gasteiger partial charge in [0.05, 0.1) is 28.6 Å². The molecule has 0 fully saturated rings. The number of thiazole rings is 2. The third-order valence-corrected chi connectivity index (χ3v) is 7.23. The Hall–Kier alpha value is -3.08. The Morgan fingerprint density at radius 3 is 2.52 bits per heavy atom. The first-order valence-corrected chi connectivity index (χ1v) is 12.6. The van der Waals surface area contributed by atoms with Crippen LogP contribution in [0.4, 0.5) is 15.8 Å². The molecule has 10 heteroatoms. The van der Waals surface area contributed by atoms with Gasteiger partial charge < -0.3 is 10.6 Å². The Morgan fingerprint density at radius 2 is 1.76 bits per heavy atom. The molecule has 0 aliphatic heterocycles. The van der Waals surface area contributed by atoms with Crippen LogP contribution in [-0.4, -0.2) is 27.5 Å². The van der Waals surface area contributed by atoms with Gasteiger partial charge in [-0.2, -0.15) is 0 Å². The van der Waals surface area contributed by atoms with Crippen LogP contribution in [0.1, 0.15) is 10.7 Å². The van der Waals surface area contributed by atoms with E-state index in [0.29, 0.717) is 21.4 Å². The number of amides is 2. The summed E-state index contributed by atoms with van der Waals surface area (Å²) in [5, 5.41) is 10.4. The van der Waals surface area contributed by atoms with Crippen molar-refractivity contribution >= 4 is 57.6 Å². The Morgan fingerprint density at radius 1 is 0.970 bits per heavy atom. The van der Waals surface area contributed by atoms with E-state index in [0.717, 1.165) is 16.3 Å². The number of halogens is 1. The molecule has 2 heterocycles. The largest absolute Gasteiger partial charge is 0.326 e. The van der Waals surface area contributed by atoms with Gasteiger partial charge in [0.2, 0.25) is 11.8 Å². The number of nitrogens with zero attached hydrogens (tertiary/aromatic N) is 2. The highest BCUT2D eigenvalue weighted by atomic mass is 32.2. The summed E-state index contributed by atoms with van der Waals surface area (Å²) >= 11 is 4.26. The van der Waals surface area contributed by atoms with Crippen LogP contribution in [0.15, 0.2) is 63.6 Å². The highest BCUT2D eigenvalue weighted by Gasteiger charge is 2.11. The van der Waals surface area contributed by atoms with Crippen LogP contribution in [0.3, 0.4) is 0 Å². The molecule has 0 aliphatic rings. The van der Waals surface area contributed by atoms with Crippen molar-refractivity contribution in [2.24, 2.45) is 0 Å². The van der Waals surface area contributed by atoms with Gasteiger partial charge in [-0.25, -0.2) is 14.4 Å². The van der Waals surface area contributed by atoms with Gasteiger partial charge in [0.25, 0.3) is 0 Å². The zero-order chi connectivity index (χ0) is 23.2. The van der Waals surface area contributed by atoms with Crippen molar-refractivity contribution in [3.8, 4) is 11.3 Å². The minimum Gasteiger partial charge on any atom is -0.326 e. The molecule has 0 unspecified atom stereocenters. The second kappa shape index (κ2) is 10.7. The van der Waals surface area contributed by atoms with Crippen molar-refractivity contribution in [1.82, 2.24) is 9.97 Å². The average molecular weight is 499 g/mol. The molecule has 168 valence electrons. The van der Waals surface area contributed by atoms with Gasteiger partial charge in [0.1, 0.15) is 5.82 Å². The normalized spacial score (nSPS) is 10.7. The molecular formula is C23H19FN4O2S3. The lowest BCUT2D eigenvalue weighted by Gasteiger charge is -2.06. The minimum atomic E-state index is -0.357. The number of hydrogen-bond acceptors (Lipinski definition) is 7. The fourth-order valence-corrected chi connectivity index (χ4v) is 5.18. The summed E-state index contributed by atoms with van der Waals surface area (Å²) in [6, 6.07) is 13.2. The molecule has 4 rings (SSSR count). The third kappa shape index (κ3) is 6.70. The van der Waals surface area contributed by atoms with Gasteiger partial charge in [0, 0.05) is 27.7 Å². The molecule has 33 heavy (non-hydrogen) atoms. The van der Waals surface area contributed by atoms with Gasteiger partial charge in [0.15, 0.2) is 4.34 Å². The maximum Gasteiger partial charge on any atom is 0.234 e. The molecule has 4 aromatic rings. The Bertz CT molecular complexity index is 1270. The van der Waals surface area contributed by atoms with E-state index in [1.165, 1.54) is 47.4 Å². The number of thioether (sulfide) groups is 1. The van der Waals surface area contributed by atoms with Gasteiger partial charge in [-0.1, -0.05) is 23.9 Å². The van der Waals surface area contributed by atoms with E-state index in [1.54, 1.807) is 11.3 Å². The maximum atomic E-state index is 12.9. The molecule has 2 N–H and O–H groups in total. The number of aromatic nitrogens is 2. The summed E-state index contributed by atoms with van der Waals surface area (Å²) in [5.41, 5.74) is 3.71. The molecule has 0 bridgehead atoms. The van der Waals surface area contributed by atoms with Crippen LogP contribution in [0.25, 0.3) is 11.3 Å². The molecule has 0 spiro atoms. The molecule has 2 aromatic carbocycles. The van der Waals surface area contributed by atoms with E-state index in [9.17, 15) is 14.0 Å². The van der Waals surface area contributed by atoms with Crippen LogP contribution < -0.4 is 10.6 Å². The molecular weight excluding hydrogens is 479 g/mol. The molecule has 6 nitrogen and oxygen atoms in total. The predicted octanol–water partition coefficient (Wildman–Crippen LogP) is 5.63. The summed E-state index contributed by atoms with van der Waals surface area (Å²) in [5.74, 6) is -0.572. The Kier molecular flexibility index (Phi) is 7.48. The number of benzene rings is 2. The van der Waals surface area contributed by atoms with Crippen LogP contribution in [0.2, 0.25) is 0 Å².